The van der Waals surface area contributed by atoms with Crippen LogP contribution in [-0.2, 0) is 0 Å². The van der Waals surface area contributed by atoms with E-state index in [9.17, 15) is 0 Å². The van der Waals surface area contributed by atoms with Crippen LogP contribution in [0.25, 0.3) is 0 Å². The van der Waals surface area contributed by atoms with Gasteiger partial charge in [-0.2, -0.15) is 0 Å². The lowest BCUT2D eigenvalue weighted by Gasteiger charge is -2.19. The number of rotatable bonds is 4. The average Bonchev–Trinajstić information content (AvgIpc) is 2.95. The average molecular weight is 224 g/mol. The molecule has 2 atom stereocenters. The topological polar surface area (TPSA) is 49.5 Å². The van der Waals surface area contributed by atoms with E-state index < -0.39 is 0 Å². The van der Waals surface area contributed by atoms with E-state index >= 15 is 0 Å². The van der Waals surface area contributed by atoms with Gasteiger partial charge in [-0.1, -0.05) is 13.8 Å². The van der Waals surface area contributed by atoms with Crippen LogP contribution < -0.4 is 0 Å². The highest BCUT2D eigenvalue weighted by molar-refractivity contribution is 5.06. The van der Waals surface area contributed by atoms with Gasteiger partial charge < -0.3 is 9.52 Å². The number of aliphatic hydroxyl groups excluding tert-OH is 1. The molecular formula is C12H20N2O2. The van der Waals surface area contributed by atoms with Gasteiger partial charge in [0.1, 0.15) is 6.26 Å². The van der Waals surface area contributed by atoms with E-state index in [1.54, 1.807) is 6.26 Å². The maximum atomic E-state index is 9.07. The van der Waals surface area contributed by atoms with Gasteiger partial charge in [-0.25, -0.2) is 4.98 Å². The van der Waals surface area contributed by atoms with Gasteiger partial charge in [0.25, 0.3) is 0 Å². The van der Waals surface area contributed by atoms with Gasteiger partial charge in [-0.15, -0.1) is 0 Å². The van der Waals surface area contributed by atoms with Crippen LogP contribution in [0.4, 0.5) is 0 Å². The molecule has 0 aliphatic carbocycles. The highest BCUT2D eigenvalue weighted by atomic mass is 16.3. The Morgan fingerprint density at radius 3 is 3.19 bits per heavy atom. The summed E-state index contributed by atoms with van der Waals surface area (Å²) in [6, 6.07) is 0.338. The molecule has 0 amide bonds. The summed E-state index contributed by atoms with van der Waals surface area (Å²) in [6.07, 6.45) is 4.02. The molecule has 0 spiro atoms. The van der Waals surface area contributed by atoms with Gasteiger partial charge in [0.2, 0.25) is 5.89 Å². The van der Waals surface area contributed by atoms with Gasteiger partial charge in [0, 0.05) is 5.92 Å². The summed E-state index contributed by atoms with van der Waals surface area (Å²) in [4.78, 5) is 6.88. The fourth-order valence-electron chi connectivity index (χ4n) is 2.26. The van der Waals surface area contributed by atoms with Crippen LogP contribution in [-0.4, -0.2) is 34.7 Å². The molecule has 1 aliphatic rings. The Morgan fingerprint density at radius 1 is 1.69 bits per heavy atom. The third kappa shape index (κ3) is 2.13. The van der Waals surface area contributed by atoms with Crippen molar-refractivity contribution in [2.24, 2.45) is 0 Å². The summed E-state index contributed by atoms with van der Waals surface area (Å²) in [5, 5.41) is 9.07. The minimum absolute atomic E-state index is 0.0639. The Labute approximate surface area is 96.3 Å². The van der Waals surface area contributed by atoms with Crippen LogP contribution in [0.5, 0.6) is 0 Å². The number of hydrogen-bond acceptors (Lipinski definition) is 4. The van der Waals surface area contributed by atoms with Gasteiger partial charge in [-0.3, -0.25) is 4.90 Å². The van der Waals surface area contributed by atoms with E-state index in [-0.39, 0.29) is 12.5 Å². The lowest BCUT2D eigenvalue weighted by Crippen LogP contribution is -2.22. The van der Waals surface area contributed by atoms with E-state index in [1.165, 1.54) is 6.42 Å². The van der Waals surface area contributed by atoms with E-state index in [1.807, 2.05) is 6.92 Å². The van der Waals surface area contributed by atoms with Crippen LogP contribution in [0.1, 0.15) is 50.2 Å². The van der Waals surface area contributed by atoms with Crippen molar-refractivity contribution >= 4 is 0 Å². The molecule has 0 bridgehead atoms. The smallest absolute Gasteiger partial charge is 0.211 e. The van der Waals surface area contributed by atoms with Crippen LogP contribution in [0.15, 0.2) is 10.7 Å². The summed E-state index contributed by atoms with van der Waals surface area (Å²) in [5.74, 6) is 0.878. The molecule has 2 unspecified atom stereocenters. The first-order valence-corrected chi connectivity index (χ1v) is 6.06. The van der Waals surface area contributed by atoms with E-state index in [2.05, 4.69) is 16.8 Å². The summed E-state index contributed by atoms with van der Waals surface area (Å²) in [7, 11) is 0. The van der Waals surface area contributed by atoms with Crippen LogP contribution in [0.2, 0.25) is 0 Å². The van der Waals surface area contributed by atoms with Crippen LogP contribution in [0, 0.1) is 0 Å². The zero-order chi connectivity index (χ0) is 11.5. The number of hydrogen-bond donors (Lipinski definition) is 1. The van der Waals surface area contributed by atoms with Gasteiger partial charge in [0.05, 0.1) is 18.3 Å². The predicted octanol–water partition coefficient (Wildman–Crippen LogP) is 1.93. The molecule has 1 aromatic rings. The number of nitrogens with zero attached hydrogens (tertiary/aromatic N) is 2. The highest BCUT2D eigenvalue weighted by Crippen LogP contribution is 2.31. The Balaban J connectivity index is 2.12. The molecule has 2 rings (SSSR count). The fraction of sp³-hybridized carbons (Fsp3) is 0.750. The first-order chi connectivity index (χ1) is 7.76. The Morgan fingerprint density at radius 2 is 2.50 bits per heavy atom. The van der Waals surface area contributed by atoms with Crippen molar-refractivity contribution in [2.45, 2.75) is 38.6 Å². The van der Waals surface area contributed by atoms with Gasteiger partial charge in [0.15, 0.2) is 0 Å². The molecule has 1 aromatic heterocycles. The lowest BCUT2D eigenvalue weighted by atomic mass is 10.1. The molecule has 0 aromatic carbocycles. The third-order valence-electron chi connectivity index (χ3n) is 3.37. The molecule has 16 heavy (non-hydrogen) atoms. The molecule has 4 nitrogen and oxygen atoms in total. The molecule has 1 aliphatic heterocycles. The number of oxazole rings is 1. The second-order valence-corrected chi connectivity index (χ2v) is 4.48. The van der Waals surface area contributed by atoms with Crippen molar-refractivity contribution in [3.63, 3.8) is 0 Å². The quantitative estimate of drug-likeness (QED) is 0.849. The number of aliphatic hydroxyl groups is 1. The van der Waals surface area contributed by atoms with Gasteiger partial charge >= 0.3 is 0 Å². The normalized spacial score (nSPS) is 23.8. The van der Waals surface area contributed by atoms with Crippen molar-refractivity contribution in [1.82, 2.24) is 9.88 Å². The van der Waals surface area contributed by atoms with E-state index in [0.717, 1.165) is 31.1 Å². The van der Waals surface area contributed by atoms with Crippen molar-refractivity contribution in [3.8, 4) is 0 Å². The number of aromatic nitrogens is 1. The molecule has 0 radical (unpaired) electrons. The van der Waals surface area contributed by atoms with Crippen molar-refractivity contribution in [3.05, 3.63) is 17.8 Å². The SMILES string of the molecule is CCN1CCCC1c1nc(C(C)CO)co1. The van der Waals surface area contributed by atoms with Crippen molar-refractivity contribution < 1.29 is 9.52 Å². The highest BCUT2D eigenvalue weighted by Gasteiger charge is 2.28. The van der Waals surface area contributed by atoms with Crippen LogP contribution in [0.3, 0.4) is 0 Å². The molecule has 1 N–H and O–H groups in total. The maximum Gasteiger partial charge on any atom is 0.211 e. The van der Waals surface area contributed by atoms with E-state index in [4.69, 9.17) is 9.52 Å². The molecular weight excluding hydrogens is 204 g/mol. The second-order valence-electron chi connectivity index (χ2n) is 4.48. The zero-order valence-corrected chi connectivity index (χ0v) is 10.0. The Kier molecular flexibility index (Phi) is 3.61. The molecule has 90 valence electrons. The monoisotopic (exact) mass is 224 g/mol. The summed E-state index contributed by atoms with van der Waals surface area (Å²) in [6.45, 7) is 6.41. The summed E-state index contributed by atoms with van der Waals surface area (Å²) >= 11 is 0. The summed E-state index contributed by atoms with van der Waals surface area (Å²) < 4.78 is 5.54. The molecule has 2 heterocycles. The minimum Gasteiger partial charge on any atom is -0.447 e. The van der Waals surface area contributed by atoms with Crippen molar-refractivity contribution in [1.29, 1.82) is 0 Å². The number of likely N-dealkylation sites (tertiary alicyclic amines) is 1. The molecule has 0 saturated carbocycles. The largest absolute Gasteiger partial charge is 0.447 e. The summed E-state index contributed by atoms with van der Waals surface area (Å²) in [5.41, 5.74) is 0.862. The maximum absolute atomic E-state index is 9.07. The Bertz CT molecular complexity index is 338. The molecule has 4 heteroatoms. The standard InChI is InChI=1S/C12H20N2O2/c1-3-14-6-4-5-11(14)12-13-10(8-16-12)9(2)7-15/h8-9,11,15H,3-7H2,1-2H3. The first-order valence-electron chi connectivity index (χ1n) is 6.06. The third-order valence-corrected chi connectivity index (χ3v) is 3.37. The minimum atomic E-state index is 0.0639. The van der Waals surface area contributed by atoms with Crippen LogP contribution >= 0.6 is 0 Å². The molecule has 1 saturated heterocycles. The van der Waals surface area contributed by atoms with Crippen molar-refractivity contribution in [2.75, 3.05) is 19.7 Å². The first kappa shape index (κ1) is 11.6. The van der Waals surface area contributed by atoms with Gasteiger partial charge in [-0.05, 0) is 25.9 Å². The lowest BCUT2D eigenvalue weighted by molar-refractivity contribution is 0.233. The van der Waals surface area contributed by atoms with E-state index in [0.29, 0.717) is 6.04 Å². The Hall–Kier alpha value is -0.870. The fourth-order valence-corrected chi connectivity index (χ4v) is 2.26. The predicted molar refractivity (Wildman–Crippen MR) is 61.2 cm³/mol. The molecule has 1 fully saturated rings. The second kappa shape index (κ2) is 4.97. The zero-order valence-electron chi connectivity index (χ0n) is 10.0.